The van der Waals surface area contributed by atoms with Crippen LogP contribution in [0.4, 0.5) is 0 Å². The fourth-order valence-electron chi connectivity index (χ4n) is 3.90. The van der Waals surface area contributed by atoms with Gasteiger partial charge in [-0.2, -0.15) is 0 Å². The van der Waals surface area contributed by atoms with Crippen molar-refractivity contribution in [1.29, 1.82) is 0 Å². The molecule has 0 radical (unpaired) electrons. The Labute approximate surface area is 139 Å². The Morgan fingerprint density at radius 3 is 2.22 bits per heavy atom. The van der Waals surface area contributed by atoms with E-state index in [-0.39, 0.29) is 5.92 Å². The summed E-state index contributed by atoms with van der Waals surface area (Å²) in [4.78, 5) is 23.0. The summed E-state index contributed by atoms with van der Waals surface area (Å²) in [6.45, 7) is 5.90. The molecule has 4 unspecified atom stereocenters. The Hall–Kier alpha value is -0.900. The summed E-state index contributed by atoms with van der Waals surface area (Å²) in [5.41, 5.74) is 0. The first kappa shape index (κ1) is 18.4. The lowest BCUT2D eigenvalue weighted by Crippen LogP contribution is -2.28. The Morgan fingerprint density at radius 2 is 1.65 bits per heavy atom. The first-order valence-electron chi connectivity index (χ1n) is 9.30. The fraction of sp³-hybridized carbons (Fsp3) is 0.895. The van der Waals surface area contributed by atoms with Crippen molar-refractivity contribution in [3.05, 3.63) is 0 Å². The highest BCUT2D eigenvalue weighted by Crippen LogP contribution is 2.54. The van der Waals surface area contributed by atoms with E-state index in [1.165, 1.54) is 12.8 Å². The molecule has 4 nitrogen and oxygen atoms in total. The van der Waals surface area contributed by atoms with E-state index in [0.29, 0.717) is 42.3 Å². The number of aliphatic carboxylic acids is 1. The lowest BCUT2D eigenvalue weighted by atomic mass is 9.94. The molecule has 132 valence electrons. The van der Waals surface area contributed by atoms with Crippen molar-refractivity contribution in [1.82, 2.24) is 0 Å². The standard InChI is InChI=1S/C19H32O4/c1-4-11(3)17(20)9-14-7-12(14)6-13-8-15(13)10-18(21)16(5-2)19(22)23/h11-16,18,21H,4-10H2,1-3H3,(H,22,23)/t11-,12?,13?,14?,15?,16+,18+/m0/s1. The summed E-state index contributed by atoms with van der Waals surface area (Å²) in [5.74, 6) is 1.51. The number of Topliss-reactive ketones (excluding diaryl/α,β-unsaturated/α-hetero) is 1. The molecule has 0 aromatic carbocycles. The van der Waals surface area contributed by atoms with Crippen molar-refractivity contribution < 1.29 is 19.8 Å². The van der Waals surface area contributed by atoms with Gasteiger partial charge in [0.1, 0.15) is 5.78 Å². The van der Waals surface area contributed by atoms with Crippen molar-refractivity contribution in [2.45, 2.75) is 71.8 Å². The molecule has 4 heteroatoms. The zero-order valence-electron chi connectivity index (χ0n) is 14.7. The van der Waals surface area contributed by atoms with Crippen LogP contribution in [0.2, 0.25) is 0 Å². The largest absolute Gasteiger partial charge is 0.481 e. The van der Waals surface area contributed by atoms with E-state index in [1.807, 2.05) is 13.8 Å². The highest BCUT2D eigenvalue weighted by molar-refractivity contribution is 5.81. The highest BCUT2D eigenvalue weighted by atomic mass is 16.4. The number of carboxylic acids is 1. The Balaban J connectivity index is 1.65. The molecule has 0 saturated heterocycles. The molecule has 0 bridgehead atoms. The summed E-state index contributed by atoms with van der Waals surface area (Å²) in [7, 11) is 0. The maximum atomic E-state index is 12.0. The van der Waals surface area contributed by atoms with Crippen molar-refractivity contribution in [2.75, 3.05) is 0 Å². The van der Waals surface area contributed by atoms with E-state index in [2.05, 4.69) is 6.92 Å². The minimum Gasteiger partial charge on any atom is -0.481 e. The Morgan fingerprint density at radius 1 is 1.04 bits per heavy atom. The average molecular weight is 324 g/mol. The number of aliphatic hydroxyl groups excluding tert-OH is 1. The van der Waals surface area contributed by atoms with Gasteiger partial charge in [-0.05, 0) is 62.2 Å². The molecule has 2 N–H and O–H groups in total. The molecule has 23 heavy (non-hydrogen) atoms. The summed E-state index contributed by atoms with van der Waals surface area (Å²) in [6, 6.07) is 0. The molecular formula is C19H32O4. The van der Waals surface area contributed by atoms with Gasteiger partial charge in [-0.1, -0.05) is 20.8 Å². The highest BCUT2D eigenvalue weighted by Gasteiger charge is 2.47. The number of hydrogen-bond donors (Lipinski definition) is 2. The molecule has 0 aliphatic heterocycles. The number of carboxylic acid groups (broad SMARTS) is 1. The molecule has 7 atom stereocenters. The smallest absolute Gasteiger partial charge is 0.309 e. The van der Waals surface area contributed by atoms with Crippen molar-refractivity contribution >= 4 is 11.8 Å². The average Bonchev–Trinajstić information content (AvgIpc) is 3.39. The molecule has 0 spiro atoms. The minimum absolute atomic E-state index is 0.196. The van der Waals surface area contributed by atoms with Crippen LogP contribution in [0.5, 0.6) is 0 Å². The second kappa shape index (κ2) is 7.78. The van der Waals surface area contributed by atoms with Gasteiger partial charge in [0.15, 0.2) is 0 Å². The van der Waals surface area contributed by atoms with Crippen molar-refractivity contribution in [3.8, 4) is 0 Å². The number of rotatable bonds is 11. The number of carbonyl (C=O) groups excluding carboxylic acids is 1. The fourth-order valence-corrected chi connectivity index (χ4v) is 3.90. The van der Waals surface area contributed by atoms with Gasteiger partial charge >= 0.3 is 5.97 Å². The van der Waals surface area contributed by atoms with Gasteiger partial charge in [0.2, 0.25) is 0 Å². The van der Waals surface area contributed by atoms with Gasteiger partial charge in [-0.3, -0.25) is 9.59 Å². The molecule has 0 amide bonds. The van der Waals surface area contributed by atoms with Crippen molar-refractivity contribution in [2.24, 2.45) is 35.5 Å². The molecule has 0 heterocycles. The molecule has 2 aliphatic rings. The second-order valence-electron chi connectivity index (χ2n) is 7.88. The summed E-state index contributed by atoms with van der Waals surface area (Å²) < 4.78 is 0. The topological polar surface area (TPSA) is 74.6 Å². The maximum absolute atomic E-state index is 12.0. The van der Waals surface area contributed by atoms with Crippen LogP contribution < -0.4 is 0 Å². The molecular weight excluding hydrogens is 292 g/mol. The first-order valence-corrected chi connectivity index (χ1v) is 9.30. The van der Waals surface area contributed by atoms with Crippen LogP contribution in [-0.2, 0) is 9.59 Å². The van der Waals surface area contributed by atoms with Gasteiger partial charge in [0.05, 0.1) is 12.0 Å². The van der Waals surface area contributed by atoms with E-state index < -0.39 is 18.0 Å². The zero-order valence-corrected chi connectivity index (χ0v) is 14.7. The number of hydrogen-bond acceptors (Lipinski definition) is 3. The normalized spacial score (nSPS) is 32.9. The van der Waals surface area contributed by atoms with Crippen LogP contribution >= 0.6 is 0 Å². The molecule has 2 rings (SSSR count). The van der Waals surface area contributed by atoms with Gasteiger partial charge in [-0.25, -0.2) is 0 Å². The summed E-state index contributed by atoms with van der Waals surface area (Å²) >= 11 is 0. The lowest BCUT2D eigenvalue weighted by Gasteiger charge is -2.17. The predicted octanol–water partition coefficient (Wildman–Crippen LogP) is 3.52. The number of aliphatic hydroxyl groups is 1. The zero-order chi connectivity index (χ0) is 17.1. The quantitative estimate of drug-likeness (QED) is 0.610. The third-order valence-electron chi connectivity index (χ3n) is 6.13. The van der Waals surface area contributed by atoms with Crippen LogP contribution in [0.3, 0.4) is 0 Å². The minimum atomic E-state index is -0.886. The van der Waals surface area contributed by atoms with Gasteiger partial charge < -0.3 is 10.2 Å². The Kier molecular flexibility index (Phi) is 6.24. The number of carbonyl (C=O) groups is 2. The van der Waals surface area contributed by atoms with E-state index in [0.717, 1.165) is 19.3 Å². The molecule has 2 aliphatic carbocycles. The van der Waals surface area contributed by atoms with Gasteiger partial charge in [-0.15, -0.1) is 0 Å². The van der Waals surface area contributed by atoms with Crippen molar-refractivity contribution in [3.63, 3.8) is 0 Å². The third kappa shape index (κ3) is 5.03. The lowest BCUT2D eigenvalue weighted by molar-refractivity contribution is -0.146. The summed E-state index contributed by atoms with van der Waals surface area (Å²) in [5, 5.41) is 19.2. The van der Waals surface area contributed by atoms with E-state index >= 15 is 0 Å². The second-order valence-corrected chi connectivity index (χ2v) is 7.88. The van der Waals surface area contributed by atoms with E-state index in [9.17, 15) is 14.7 Å². The van der Waals surface area contributed by atoms with Crippen LogP contribution in [0.15, 0.2) is 0 Å². The third-order valence-corrected chi connectivity index (χ3v) is 6.13. The summed E-state index contributed by atoms with van der Waals surface area (Å²) in [6.07, 6.45) is 5.54. The van der Waals surface area contributed by atoms with Crippen LogP contribution in [0, 0.1) is 35.5 Å². The van der Waals surface area contributed by atoms with Gasteiger partial charge in [0.25, 0.3) is 0 Å². The van der Waals surface area contributed by atoms with E-state index in [4.69, 9.17) is 5.11 Å². The molecule has 0 aromatic heterocycles. The van der Waals surface area contributed by atoms with E-state index in [1.54, 1.807) is 0 Å². The SMILES string of the molecule is CC[C@H](C)C(=O)CC1CC1CC1CC1C[C@@H](O)[C@@H](CC)C(=O)O. The predicted molar refractivity (Wildman–Crippen MR) is 88.9 cm³/mol. The molecule has 2 saturated carbocycles. The Bertz CT molecular complexity index is 433. The van der Waals surface area contributed by atoms with Crippen LogP contribution in [-0.4, -0.2) is 28.1 Å². The molecule has 0 aromatic rings. The maximum Gasteiger partial charge on any atom is 0.309 e. The molecule has 2 fully saturated rings. The first-order chi connectivity index (χ1) is 10.9. The monoisotopic (exact) mass is 324 g/mol. The van der Waals surface area contributed by atoms with Crippen LogP contribution in [0.1, 0.15) is 65.7 Å². The van der Waals surface area contributed by atoms with Gasteiger partial charge in [0, 0.05) is 12.3 Å². The van der Waals surface area contributed by atoms with Crippen LogP contribution in [0.25, 0.3) is 0 Å². The number of ketones is 1.